The second kappa shape index (κ2) is 7.80. The van der Waals surface area contributed by atoms with E-state index < -0.39 is 0 Å². The van der Waals surface area contributed by atoms with E-state index in [0.29, 0.717) is 17.6 Å². The second-order valence-corrected chi connectivity index (χ2v) is 7.19. The Morgan fingerprint density at radius 2 is 2.17 bits per heavy atom. The van der Waals surface area contributed by atoms with Crippen LogP contribution in [-0.4, -0.2) is 55.8 Å². The third-order valence-corrected chi connectivity index (χ3v) is 5.01. The third kappa shape index (κ3) is 4.35. The maximum absolute atomic E-state index is 12.2. The molecule has 0 unspecified atom stereocenters. The van der Waals surface area contributed by atoms with Crippen molar-refractivity contribution in [1.82, 2.24) is 30.3 Å². The van der Waals surface area contributed by atoms with Gasteiger partial charge in [-0.2, -0.15) is 5.10 Å². The largest absolute Gasteiger partial charge is 0.299 e. The zero-order chi connectivity index (χ0) is 16.9. The van der Waals surface area contributed by atoms with E-state index in [0.717, 1.165) is 55.4 Å². The van der Waals surface area contributed by atoms with Gasteiger partial charge < -0.3 is 0 Å². The van der Waals surface area contributed by atoms with Crippen molar-refractivity contribution in [3.8, 4) is 0 Å². The molecule has 8 nitrogen and oxygen atoms in total. The van der Waals surface area contributed by atoms with Crippen LogP contribution < -0.4 is 5.32 Å². The van der Waals surface area contributed by atoms with E-state index in [1.165, 1.54) is 11.3 Å². The highest BCUT2D eigenvalue weighted by molar-refractivity contribution is 7.15. The minimum atomic E-state index is -0.0265. The topological polar surface area (TPSA) is 99.7 Å². The quantitative estimate of drug-likeness (QED) is 0.824. The minimum absolute atomic E-state index is 0.0265. The van der Waals surface area contributed by atoms with Crippen molar-refractivity contribution in [3.05, 3.63) is 16.7 Å². The zero-order valence-corrected chi connectivity index (χ0v) is 14.9. The number of nitrogens with one attached hydrogen (secondary N) is 2. The SMILES string of the molecule is CCCc1nnc(NC(=O)CN2CCC(c3n[nH]c(C)n3)CC2)s1. The van der Waals surface area contributed by atoms with Crippen molar-refractivity contribution in [1.29, 1.82) is 0 Å². The van der Waals surface area contributed by atoms with Crippen LogP contribution in [0.5, 0.6) is 0 Å². The molecule has 1 amide bonds. The summed E-state index contributed by atoms with van der Waals surface area (Å²) in [6, 6.07) is 0. The number of hydrogen-bond donors (Lipinski definition) is 2. The number of aromatic nitrogens is 5. The van der Waals surface area contributed by atoms with E-state index in [-0.39, 0.29) is 5.91 Å². The maximum atomic E-state index is 12.2. The first-order valence-corrected chi connectivity index (χ1v) is 9.19. The lowest BCUT2D eigenvalue weighted by Crippen LogP contribution is -2.38. The van der Waals surface area contributed by atoms with E-state index in [2.05, 4.69) is 42.5 Å². The number of nitrogens with zero attached hydrogens (tertiary/aromatic N) is 5. The molecule has 2 aromatic heterocycles. The van der Waals surface area contributed by atoms with Gasteiger partial charge in [0, 0.05) is 12.3 Å². The van der Waals surface area contributed by atoms with E-state index in [1.807, 2.05) is 6.92 Å². The lowest BCUT2D eigenvalue weighted by Gasteiger charge is -2.29. The van der Waals surface area contributed by atoms with Gasteiger partial charge in [-0.3, -0.25) is 20.1 Å². The summed E-state index contributed by atoms with van der Waals surface area (Å²) in [6.45, 7) is 6.16. The first kappa shape index (κ1) is 17.0. The number of hydrogen-bond acceptors (Lipinski definition) is 7. The molecule has 2 aromatic rings. The smallest absolute Gasteiger partial charge is 0.240 e. The van der Waals surface area contributed by atoms with Crippen molar-refractivity contribution in [2.45, 2.75) is 45.4 Å². The summed E-state index contributed by atoms with van der Waals surface area (Å²) in [5.41, 5.74) is 0. The average Bonchev–Trinajstić information content (AvgIpc) is 3.18. The van der Waals surface area contributed by atoms with Crippen LogP contribution in [0.3, 0.4) is 0 Å². The van der Waals surface area contributed by atoms with Gasteiger partial charge in [-0.15, -0.1) is 10.2 Å². The Morgan fingerprint density at radius 1 is 1.38 bits per heavy atom. The van der Waals surface area contributed by atoms with E-state index >= 15 is 0 Å². The Balaban J connectivity index is 1.44. The van der Waals surface area contributed by atoms with Crippen LogP contribution in [0.25, 0.3) is 0 Å². The Kier molecular flexibility index (Phi) is 5.52. The van der Waals surface area contributed by atoms with Gasteiger partial charge in [-0.1, -0.05) is 18.3 Å². The number of carbonyl (C=O) groups is 1. The van der Waals surface area contributed by atoms with Crippen molar-refractivity contribution in [2.24, 2.45) is 0 Å². The molecule has 1 fully saturated rings. The van der Waals surface area contributed by atoms with Gasteiger partial charge in [0.15, 0.2) is 5.82 Å². The van der Waals surface area contributed by atoms with Crippen LogP contribution in [0.2, 0.25) is 0 Å². The third-order valence-electron chi connectivity index (χ3n) is 4.11. The van der Waals surface area contributed by atoms with E-state index in [9.17, 15) is 4.79 Å². The molecule has 1 aliphatic rings. The number of piperidine rings is 1. The molecule has 24 heavy (non-hydrogen) atoms. The summed E-state index contributed by atoms with van der Waals surface area (Å²) in [5.74, 6) is 2.11. The second-order valence-electron chi connectivity index (χ2n) is 6.13. The fourth-order valence-corrected chi connectivity index (χ4v) is 3.73. The predicted octanol–water partition coefficient (Wildman–Crippen LogP) is 1.74. The summed E-state index contributed by atoms with van der Waals surface area (Å²) >= 11 is 1.46. The number of H-pyrrole nitrogens is 1. The number of amides is 1. The Morgan fingerprint density at radius 3 is 2.83 bits per heavy atom. The Labute approximate surface area is 145 Å². The highest BCUT2D eigenvalue weighted by Crippen LogP contribution is 2.25. The summed E-state index contributed by atoms with van der Waals surface area (Å²) in [4.78, 5) is 18.7. The molecule has 0 saturated carbocycles. The number of carbonyl (C=O) groups excluding carboxylic acids is 1. The van der Waals surface area contributed by atoms with Crippen LogP contribution in [0, 0.1) is 6.92 Å². The van der Waals surface area contributed by atoms with Crippen molar-refractivity contribution >= 4 is 22.4 Å². The summed E-state index contributed by atoms with van der Waals surface area (Å²) in [7, 11) is 0. The van der Waals surface area contributed by atoms with Crippen LogP contribution in [-0.2, 0) is 11.2 Å². The van der Waals surface area contributed by atoms with Gasteiger partial charge in [-0.25, -0.2) is 4.98 Å². The molecule has 0 radical (unpaired) electrons. The molecule has 0 aliphatic carbocycles. The Hall–Kier alpha value is -1.87. The number of aryl methyl sites for hydroxylation is 2. The molecule has 2 N–H and O–H groups in total. The highest BCUT2D eigenvalue weighted by atomic mass is 32.1. The van der Waals surface area contributed by atoms with Crippen LogP contribution in [0.15, 0.2) is 0 Å². The van der Waals surface area contributed by atoms with Crippen LogP contribution in [0.4, 0.5) is 5.13 Å². The molecule has 3 heterocycles. The van der Waals surface area contributed by atoms with Gasteiger partial charge in [0.1, 0.15) is 10.8 Å². The molecule has 130 valence electrons. The number of aromatic amines is 1. The van der Waals surface area contributed by atoms with Crippen LogP contribution >= 0.6 is 11.3 Å². The zero-order valence-electron chi connectivity index (χ0n) is 14.1. The maximum Gasteiger partial charge on any atom is 0.240 e. The van der Waals surface area contributed by atoms with Gasteiger partial charge in [0.2, 0.25) is 11.0 Å². The van der Waals surface area contributed by atoms with Gasteiger partial charge in [0.05, 0.1) is 6.54 Å². The molecule has 3 rings (SSSR count). The summed E-state index contributed by atoms with van der Waals surface area (Å²) in [6.07, 6.45) is 3.89. The molecule has 1 aliphatic heterocycles. The van der Waals surface area contributed by atoms with Crippen molar-refractivity contribution in [2.75, 3.05) is 25.0 Å². The monoisotopic (exact) mass is 349 g/mol. The lowest BCUT2D eigenvalue weighted by molar-refractivity contribution is -0.117. The van der Waals surface area contributed by atoms with Crippen molar-refractivity contribution < 1.29 is 4.79 Å². The van der Waals surface area contributed by atoms with E-state index in [1.54, 1.807) is 0 Å². The number of rotatable bonds is 6. The van der Waals surface area contributed by atoms with Crippen molar-refractivity contribution in [3.63, 3.8) is 0 Å². The molecule has 1 saturated heterocycles. The highest BCUT2D eigenvalue weighted by Gasteiger charge is 2.24. The van der Waals surface area contributed by atoms with Gasteiger partial charge in [-0.05, 0) is 39.3 Å². The molecular formula is C15H23N7OS. The summed E-state index contributed by atoms with van der Waals surface area (Å²) < 4.78 is 0. The van der Waals surface area contributed by atoms with Gasteiger partial charge >= 0.3 is 0 Å². The standard InChI is InChI=1S/C15H23N7OS/c1-3-4-13-19-21-15(24-13)17-12(23)9-22-7-5-11(6-8-22)14-16-10(2)18-20-14/h11H,3-9H2,1-2H3,(H,16,18,20)(H,17,21,23). The van der Waals surface area contributed by atoms with Crippen LogP contribution in [0.1, 0.15) is 48.8 Å². The molecule has 0 spiro atoms. The minimum Gasteiger partial charge on any atom is -0.299 e. The first-order chi connectivity index (χ1) is 11.6. The fraction of sp³-hybridized carbons (Fsp3) is 0.667. The molecule has 0 bridgehead atoms. The molecular weight excluding hydrogens is 326 g/mol. The average molecular weight is 349 g/mol. The normalized spacial score (nSPS) is 16.4. The fourth-order valence-electron chi connectivity index (χ4n) is 2.87. The summed E-state index contributed by atoms with van der Waals surface area (Å²) in [5, 5.41) is 19.7. The van der Waals surface area contributed by atoms with Gasteiger partial charge in [0.25, 0.3) is 0 Å². The molecule has 9 heteroatoms. The first-order valence-electron chi connectivity index (χ1n) is 8.37. The predicted molar refractivity (Wildman–Crippen MR) is 92.1 cm³/mol. The van der Waals surface area contributed by atoms with E-state index in [4.69, 9.17) is 0 Å². The number of anilines is 1. The Bertz CT molecular complexity index is 675. The molecule has 0 atom stereocenters. The molecule has 0 aromatic carbocycles. The lowest BCUT2D eigenvalue weighted by atomic mass is 9.96. The number of likely N-dealkylation sites (tertiary alicyclic amines) is 1.